The summed E-state index contributed by atoms with van der Waals surface area (Å²) < 4.78 is 15.2. The van der Waals surface area contributed by atoms with E-state index < -0.39 is 47.9 Å². The van der Waals surface area contributed by atoms with Gasteiger partial charge in [0.2, 0.25) is 5.91 Å². The quantitative estimate of drug-likeness (QED) is 0.480. The van der Waals surface area contributed by atoms with Crippen LogP contribution in [0.15, 0.2) is 36.4 Å². The number of rotatable bonds is 7. The number of fused-ring (bicyclic) bond motifs is 1. The van der Waals surface area contributed by atoms with Gasteiger partial charge in [-0.05, 0) is 29.8 Å². The van der Waals surface area contributed by atoms with E-state index in [0.29, 0.717) is 0 Å². The van der Waals surface area contributed by atoms with Gasteiger partial charge in [-0.1, -0.05) is 23.7 Å². The summed E-state index contributed by atoms with van der Waals surface area (Å²) in [5, 5.41) is 13.2. The number of likely N-dealkylation sites (tertiary alicyclic amines) is 1. The van der Waals surface area contributed by atoms with Crippen molar-refractivity contribution in [3.63, 3.8) is 0 Å². The smallest absolute Gasteiger partial charge is 0.335 e. The standard InChI is InChI=1S/C22H16ClFN4O6/c23-13-3-1-2-10(19(13)24)7-16(29)15-8-17(30)28(15)18(31)9-27-14-5-4-11(22(33)34)6-12(14)20(26-27)21(25)32/h1-6,15H,7-9H2,(H2,25,32)(H,33,34)/t15-/m0/s1. The van der Waals surface area contributed by atoms with Crippen LogP contribution in [-0.2, 0) is 27.3 Å². The molecule has 3 aromatic rings. The van der Waals surface area contributed by atoms with E-state index in [9.17, 15) is 33.5 Å². The molecule has 0 bridgehead atoms. The Balaban J connectivity index is 1.57. The van der Waals surface area contributed by atoms with Crippen molar-refractivity contribution < 1.29 is 33.5 Å². The summed E-state index contributed by atoms with van der Waals surface area (Å²) in [7, 11) is 0. The SMILES string of the molecule is NC(=O)c1nn(CC(=O)N2C(=O)C[C@H]2C(=O)Cc2cccc(Cl)c2F)c2ccc(C(=O)O)cc12. The average molecular weight is 487 g/mol. The van der Waals surface area contributed by atoms with Gasteiger partial charge < -0.3 is 10.8 Å². The number of nitrogens with zero attached hydrogens (tertiary/aromatic N) is 3. The van der Waals surface area contributed by atoms with Gasteiger partial charge in [-0.3, -0.25) is 28.8 Å². The van der Waals surface area contributed by atoms with Crippen molar-refractivity contribution in [2.24, 2.45) is 5.73 Å². The van der Waals surface area contributed by atoms with Gasteiger partial charge in [0.1, 0.15) is 18.4 Å². The Morgan fingerprint density at radius 3 is 2.59 bits per heavy atom. The molecular weight excluding hydrogens is 471 g/mol. The summed E-state index contributed by atoms with van der Waals surface area (Å²) in [5.74, 6) is -4.81. The molecular formula is C22H16ClFN4O6. The lowest BCUT2D eigenvalue weighted by Gasteiger charge is -2.37. The van der Waals surface area contributed by atoms with Crippen LogP contribution < -0.4 is 5.73 Å². The third-order valence-corrected chi connectivity index (χ3v) is 5.79. The van der Waals surface area contributed by atoms with Crippen molar-refractivity contribution >= 4 is 52.0 Å². The van der Waals surface area contributed by atoms with Crippen LogP contribution in [0, 0.1) is 5.82 Å². The highest BCUT2D eigenvalue weighted by atomic mass is 35.5. The second-order valence-electron chi connectivity index (χ2n) is 7.64. The van der Waals surface area contributed by atoms with Crippen LogP contribution in [0.2, 0.25) is 5.02 Å². The number of Topliss-reactive ketones (excluding diaryl/α,β-unsaturated/α-hetero) is 1. The molecule has 3 amide bonds. The van der Waals surface area contributed by atoms with E-state index in [1.165, 1.54) is 36.4 Å². The number of imide groups is 1. The molecule has 1 aliphatic heterocycles. The Labute approximate surface area is 195 Å². The van der Waals surface area contributed by atoms with E-state index >= 15 is 0 Å². The van der Waals surface area contributed by atoms with Crippen LogP contribution in [0.1, 0.15) is 32.8 Å². The number of carboxylic acids is 1. The number of aromatic carboxylic acids is 1. The lowest BCUT2D eigenvalue weighted by atomic mass is 9.93. The Bertz CT molecular complexity index is 1400. The molecule has 1 fully saturated rings. The highest BCUT2D eigenvalue weighted by molar-refractivity contribution is 6.30. The summed E-state index contributed by atoms with van der Waals surface area (Å²) in [6.45, 7) is -0.517. The summed E-state index contributed by atoms with van der Waals surface area (Å²) in [6, 6.07) is 6.95. The third-order valence-electron chi connectivity index (χ3n) is 5.50. The minimum atomic E-state index is -1.23. The van der Waals surface area contributed by atoms with Crippen molar-refractivity contribution in [3.05, 3.63) is 64.1 Å². The number of hydrogen-bond acceptors (Lipinski definition) is 6. The zero-order chi connectivity index (χ0) is 24.7. The zero-order valence-electron chi connectivity index (χ0n) is 17.3. The summed E-state index contributed by atoms with van der Waals surface area (Å²) in [6.07, 6.45) is -0.566. The third kappa shape index (κ3) is 4.01. The lowest BCUT2D eigenvalue weighted by Crippen LogP contribution is -2.60. The van der Waals surface area contributed by atoms with Gasteiger partial charge in [0.05, 0.1) is 22.5 Å². The summed E-state index contributed by atoms with van der Waals surface area (Å²) in [4.78, 5) is 61.5. The first-order valence-corrected chi connectivity index (χ1v) is 10.3. The van der Waals surface area contributed by atoms with Crippen molar-refractivity contribution in [2.75, 3.05) is 0 Å². The van der Waals surface area contributed by atoms with Crippen LogP contribution in [0.3, 0.4) is 0 Å². The molecule has 0 radical (unpaired) electrons. The fraction of sp³-hybridized carbons (Fsp3) is 0.182. The van der Waals surface area contributed by atoms with Crippen molar-refractivity contribution in [1.29, 1.82) is 0 Å². The molecule has 4 rings (SSSR count). The molecule has 34 heavy (non-hydrogen) atoms. The maximum atomic E-state index is 14.1. The predicted molar refractivity (Wildman–Crippen MR) is 116 cm³/mol. The number of nitrogens with two attached hydrogens (primary N) is 1. The minimum absolute atomic E-state index is 0.0441. The van der Waals surface area contributed by atoms with E-state index in [-0.39, 0.29) is 45.6 Å². The summed E-state index contributed by atoms with van der Waals surface area (Å²) in [5.41, 5.74) is 5.26. The summed E-state index contributed by atoms with van der Waals surface area (Å²) >= 11 is 5.74. The normalized spacial score (nSPS) is 15.3. The van der Waals surface area contributed by atoms with Crippen LogP contribution in [0.5, 0.6) is 0 Å². The Morgan fingerprint density at radius 1 is 1.21 bits per heavy atom. The number of carboxylic acid groups (broad SMARTS) is 1. The minimum Gasteiger partial charge on any atom is -0.478 e. The van der Waals surface area contributed by atoms with Gasteiger partial charge in [0.25, 0.3) is 11.8 Å². The van der Waals surface area contributed by atoms with E-state index in [4.69, 9.17) is 17.3 Å². The second-order valence-corrected chi connectivity index (χ2v) is 8.05. The number of ketones is 1. The highest BCUT2D eigenvalue weighted by Crippen LogP contribution is 2.26. The fourth-order valence-electron chi connectivity index (χ4n) is 3.80. The second kappa shape index (κ2) is 8.67. The number of halogens is 2. The number of β-lactam (4-membered cyclic amide) rings is 1. The molecule has 0 unspecified atom stereocenters. The van der Waals surface area contributed by atoms with Gasteiger partial charge in [0, 0.05) is 11.8 Å². The molecule has 0 spiro atoms. The molecule has 1 aromatic heterocycles. The van der Waals surface area contributed by atoms with Crippen LogP contribution in [0.25, 0.3) is 10.9 Å². The van der Waals surface area contributed by atoms with Gasteiger partial charge in [-0.15, -0.1) is 0 Å². The number of hydrogen-bond donors (Lipinski definition) is 2. The molecule has 0 aliphatic carbocycles. The predicted octanol–water partition coefficient (Wildman–Crippen LogP) is 1.57. The fourth-order valence-corrected chi connectivity index (χ4v) is 3.99. The van der Waals surface area contributed by atoms with Crippen LogP contribution in [-0.4, -0.2) is 55.3 Å². The first kappa shape index (κ1) is 23.1. The molecule has 10 nitrogen and oxygen atoms in total. The largest absolute Gasteiger partial charge is 0.478 e. The average Bonchev–Trinajstić information content (AvgIpc) is 3.12. The van der Waals surface area contributed by atoms with Crippen LogP contribution in [0.4, 0.5) is 4.39 Å². The topological polar surface area (TPSA) is 153 Å². The number of carbonyl (C=O) groups is 5. The van der Waals surface area contributed by atoms with E-state index in [0.717, 1.165) is 9.58 Å². The molecule has 12 heteroatoms. The maximum absolute atomic E-state index is 14.1. The maximum Gasteiger partial charge on any atom is 0.335 e. The molecule has 2 aromatic carbocycles. The highest BCUT2D eigenvalue weighted by Gasteiger charge is 2.45. The van der Waals surface area contributed by atoms with E-state index in [1.54, 1.807) is 0 Å². The van der Waals surface area contributed by atoms with Gasteiger partial charge in [-0.25, -0.2) is 9.18 Å². The van der Waals surface area contributed by atoms with E-state index in [1.807, 2.05) is 0 Å². The molecule has 1 atom stereocenters. The molecule has 1 saturated heterocycles. The zero-order valence-corrected chi connectivity index (χ0v) is 18.1. The van der Waals surface area contributed by atoms with Gasteiger partial charge in [0.15, 0.2) is 11.5 Å². The monoisotopic (exact) mass is 486 g/mol. The van der Waals surface area contributed by atoms with Crippen molar-refractivity contribution in [1.82, 2.24) is 14.7 Å². The lowest BCUT2D eigenvalue weighted by molar-refractivity contribution is -0.162. The number of benzene rings is 2. The number of primary amides is 1. The number of carbonyl (C=O) groups excluding carboxylic acids is 4. The first-order chi connectivity index (χ1) is 16.1. The molecule has 0 saturated carbocycles. The molecule has 3 N–H and O–H groups in total. The van der Waals surface area contributed by atoms with Crippen molar-refractivity contribution in [3.8, 4) is 0 Å². The number of aromatic nitrogens is 2. The molecule has 174 valence electrons. The Morgan fingerprint density at radius 2 is 1.94 bits per heavy atom. The number of amides is 3. The molecule has 1 aliphatic rings. The van der Waals surface area contributed by atoms with Gasteiger partial charge >= 0.3 is 5.97 Å². The Kier molecular flexibility index (Phi) is 5.88. The van der Waals surface area contributed by atoms with E-state index in [2.05, 4.69) is 5.10 Å². The molecule has 2 heterocycles. The van der Waals surface area contributed by atoms with Crippen molar-refractivity contribution in [2.45, 2.75) is 25.4 Å². The first-order valence-electron chi connectivity index (χ1n) is 9.92. The van der Waals surface area contributed by atoms with Crippen LogP contribution >= 0.6 is 11.6 Å². The Hall–Kier alpha value is -4.12. The van der Waals surface area contributed by atoms with Gasteiger partial charge in [-0.2, -0.15) is 5.10 Å².